The van der Waals surface area contributed by atoms with Crippen molar-refractivity contribution in [3.8, 4) is 0 Å². The molecule has 4 heterocycles. The number of hydrogen-bond acceptors (Lipinski definition) is 5. The number of halogens is 1. The highest BCUT2D eigenvalue weighted by Gasteiger charge is 2.34. The summed E-state index contributed by atoms with van der Waals surface area (Å²) in [5, 5.41) is 4.54. The second-order valence-corrected chi connectivity index (χ2v) is 9.22. The SMILES string of the molecule is COC(=O)c1nn(C)c2c3ncc(Br)cc3n(C(c3ccccc3C)C3CCOCC3)c12. The van der Waals surface area contributed by atoms with Gasteiger partial charge in [0.15, 0.2) is 5.69 Å². The Hall–Kier alpha value is -2.71. The van der Waals surface area contributed by atoms with Crippen molar-refractivity contribution in [3.05, 3.63) is 57.8 Å². The Morgan fingerprint density at radius 2 is 2.00 bits per heavy atom. The monoisotopic (exact) mass is 496 g/mol. The summed E-state index contributed by atoms with van der Waals surface area (Å²) in [5.74, 6) is -0.109. The summed E-state index contributed by atoms with van der Waals surface area (Å²) in [5.41, 5.74) is 6.14. The number of rotatable bonds is 4. The molecule has 1 aromatic carbocycles. The summed E-state index contributed by atoms with van der Waals surface area (Å²) in [6.07, 6.45) is 3.67. The molecule has 8 heteroatoms. The fourth-order valence-electron chi connectivity index (χ4n) is 5.00. The lowest BCUT2D eigenvalue weighted by Crippen LogP contribution is -2.27. The summed E-state index contributed by atoms with van der Waals surface area (Å²) in [6.45, 7) is 3.60. The second kappa shape index (κ2) is 8.33. The quantitative estimate of drug-likeness (QED) is 0.379. The third kappa shape index (κ3) is 3.33. The molecule has 0 spiro atoms. The average Bonchev–Trinajstić information content (AvgIpc) is 3.31. The van der Waals surface area contributed by atoms with Crippen molar-refractivity contribution in [1.82, 2.24) is 19.3 Å². The molecule has 4 aromatic rings. The van der Waals surface area contributed by atoms with E-state index < -0.39 is 5.97 Å². The van der Waals surface area contributed by atoms with Crippen LogP contribution in [0, 0.1) is 12.8 Å². The van der Waals surface area contributed by atoms with E-state index in [1.807, 2.05) is 7.05 Å². The molecule has 0 bridgehead atoms. The van der Waals surface area contributed by atoms with Crippen LogP contribution in [0.2, 0.25) is 0 Å². The van der Waals surface area contributed by atoms with Gasteiger partial charge in [0.2, 0.25) is 0 Å². The largest absolute Gasteiger partial charge is 0.464 e. The minimum atomic E-state index is -0.450. The number of nitrogens with zero attached hydrogens (tertiary/aromatic N) is 4. The molecule has 1 fully saturated rings. The molecule has 0 aliphatic carbocycles. The Labute approximate surface area is 194 Å². The van der Waals surface area contributed by atoms with Crippen LogP contribution in [0.5, 0.6) is 0 Å². The maximum absolute atomic E-state index is 12.8. The van der Waals surface area contributed by atoms with Gasteiger partial charge in [-0.15, -0.1) is 0 Å². The molecule has 0 amide bonds. The lowest BCUT2D eigenvalue weighted by molar-refractivity contribution is 0.0548. The van der Waals surface area contributed by atoms with Crippen molar-refractivity contribution in [2.24, 2.45) is 13.0 Å². The molecule has 1 unspecified atom stereocenters. The smallest absolute Gasteiger partial charge is 0.360 e. The maximum Gasteiger partial charge on any atom is 0.360 e. The van der Waals surface area contributed by atoms with E-state index in [0.717, 1.165) is 52.6 Å². The zero-order valence-corrected chi connectivity index (χ0v) is 19.9. The summed E-state index contributed by atoms with van der Waals surface area (Å²) < 4.78 is 15.7. The van der Waals surface area contributed by atoms with Crippen LogP contribution in [0.15, 0.2) is 41.0 Å². The molecule has 3 aromatic heterocycles. The van der Waals surface area contributed by atoms with Crippen LogP contribution in [0.25, 0.3) is 22.1 Å². The lowest BCUT2D eigenvalue weighted by atomic mass is 9.85. The van der Waals surface area contributed by atoms with Crippen molar-refractivity contribution >= 4 is 44.0 Å². The first-order valence-electron chi connectivity index (χ1n) is 10.7. The van der Waals surface area contributed by atoms with Gasteiger partial charge < -0.3 is 14.0 Å². The van der Waals surface area contributed by atoms with E-state index in [0.29, 0.717) is 11.6 Å². The minimum absolute atomic E-state index is 0.00352. The van der Waals surface area contributed by atoms with Gasteiger partial charge in [-0.2, -0.15) is 5.10 Å². The van der Waals surface area contributed by atoms with E-state index >= 15 is 0 Å². The summed E-state index contributed by atoms with van der Waals surface area (Å²) in [4.78, 5) is 17.5. The molecule has 1 saturated heterocycles. The van der Waals surface area contributed by atoms with E-state index in [1.54, 1.807) is 10.9 Å². The normalized spacial score (nSPS) is 16.0. The van der Waals surface area contributed by atoms with Crippen LogP contribution in [0.3, 0.4) is 0 Å². The van der Waals surface area contributed by atoms with Gasteiger partial charge in [0.1, 0.15) is 16.6 Å². The molecule has 1 aliphatic rings. The van der Waals surface area contributed by atoms with E-state index in [4.69, 9.17) is 14.5 Å². The van der Waals surface area contributed by atoms with Crippen LogP contribution >= 0.6 is 15.9 Å². The molecule has 166 valence electrons. The summed E-state index contributed by atoms with van der Waals surface area (Å²) in [6, 6.07) is 10.6. The third-order valence-corrected chi connectivity index (χ3v) is 6.89. The number of carbonyl (C=O) groups excluding carboxylic acids is 1. The number of esters is 1. The fraction of sp³-hybridized carbons (Fsp3) is 0.375. The number of methoxy groups -OCH3 is 1. The molecular weight excluding hydrogens is 472 g/mol. The Morgan fingerprint density at radius 3 is 2.72 bits per heavy atom. The third-order valence-electron chi connectivity index (χ3n) is 6.46. The summed E-state index contributed by atoms with van der Waals surface area (Å²) >= 11 is 3.60. The Balaban J connectivity index is 1.91. The first-order chi connectivity index (χ1) is 15.5. The Morgan fingerprint density at radius 1 is 1.25 bits per heavy atom. The van der Waals surface area contributed by atoms with Gasteiger partial charge in [0.25, 0.3) is 0 Å². The molecule has 0 radical (unpaired) electrons. The number of ether oxygens (including phenoxy) is 2. The van der Waals surface area contributed by atoms with Gasteiger partial charge in [-0.1, -0.05) is 24.3 Å². The summed E-state index contributed by atoms with van der Waals surface area (Å²) in [7, 11) is 3.24. The molecule has 32 heavy (non-hydrogen) atoms. The predicted octanol–water partition coefficient (Wildman–Crippen LogP) is 4.80. The van der Waals surface area contributed by atoms with Gasteiger partial charge in [-0.3, -0.25) is 9.67 Å². The van der Waals surface area contributed by atoms with Gasteiger partial charge in [0, 0.05) is 30.9 Å². The molecule has 7 nitrogen and oxygen atoms in total. The number of aromatic nitrogens is 4. The number of benzene rings is 1. The zero-order chi connectivity index (χ0) is 22.4. The van der Waals surface area contributed by atoms with Crippen LogP contribution in [-0.4, -0.2) is 45.6 Å². The standard InChI is InChI=1S/C24H25BrN4O3/c1-14-6-4-5-7-17(14)21(15-8-10-32-11-9-15)29-18-12-16(25)13-26-19(18)22-23(29)20(24(30)31-3)27-28(22)2/h4-7,12-13,15,21H,8-11H2,1-3H3. The highest BCUT2D eigenvalue weighted by molar-refractivity contribution is 9.10. The van der Waals surface area contributed by atoms with E-state index in [2.05, 4.69) is 62.9 Å². The van der Waals surface area contributed by atoms with Gasteiger partial charge in [-0.05, 0) is 58.8 Å². The van der Waals surface area contributed by atoms with Crippen molar-refractivity contribution in [3.63, 3.8) is 0 Å². The van der Waals surface area contributed by atoms with E-state index in [9.17, 15) is 4.79 Å². The van der Waals surface area contributed by atoms with Crippen LogP contribution < -0.4 is 0 Å². The van der Waals surface area contributed by atoms with Gasteiger partial charge in [0.05, 0.1) is 18.7 Å². The number of aryl methyl sites for hydroxylation is 2. The lowest BCUT2D eigenvalue weighted by Gasteiger charge is -2.33. The Kier molecular flexibility index (Phi) is 5.51. The maximum atomic E-state index is 12.8. The van der Waals surface area contributed by atoms with Crippen molar-refractivity contribution in [2.45, 2.75) is 25.8 Å². The first kappa shape index (κ1) is 21.2. The average molecular weight is 497 g/mol. The molecule has 5 rings (SSSR count). The van der Waals surface area contributed by atoms with Crippen LogP contribution in [0.1, 0.15) is 40.5 Å². The number of carbonyl (C=O) groups is 1. The highest BCUT2D eigenvalue weighted by Crippen LogP contribution is 2.42. The van der Waals surface area contributed by atoms with Crippen LogP contribution in [0.4, 0.5) is 0 Å². The van der Waals surface area contributed by atoms with Crippen molar-refractivity contribution in [1.29, 1.82) is 0 Å². The molecule has 0 N–H and O–H groups in total. The van der Waals surface area contributed by atoms with Gasteiger partial charge >= 0.3 is 5.97 Å². The number of fused-ring (bicyclic) bond motifs is 3. The molecule has 1 aliphatic heterocycles. The second-order valence-electron chi connectivity index (χ2n) is 8.30. The van der Waals surface area contributed by atoms with E-state index in [-0.39, 0.29) is 6.04 Å². The molecule has 0 saturated carbocycles. The fourth-order valence-corrected chi connectivity index (χ4v) is 5.32. The first-order valence-corrected chi connectivity index (χ1v) is 11.5. The van der Waals surface area contributed by atoms with Gasteiger partial charge in [-0.25, -0.2) is 4.79 Å². The number of pyridine rings is 1. The van der Waals surface area contributed by atoms with E-state index in [1.165, 1.54) is 18.2 Å². The highest BCUT2D eigenvalue weighted by atomic mass is 79.9. The number of hydrogen-bond donors (Lipinski definition) is 0. The topological polar surface area (TPSA) is 71.2 Å². The van der Waals surface area contributed by atoms with Crippen molar-refractivity contribution in [2.75, 3.05) is 20.3 Å². The molecular formula is C24H25BrN4O3. The predicted molar refractivity (Wildman–Crippen MR) is 126 cm³/mol. The molecule has 1 atom stereocenters. The minimum Gasteiger partial charge on any atom is -0.464 e. The van der Waals surface area contributed by atoms with Crippen LogP contribution in [-0.2, 0) is 16.5 Å². The Bertz CT molecular complexity index is 1320. The zero-order valence-electron chi connectivity index (χ0n) is 18.3. The van der Waals surface area contributed by atoms with Crippen molar-refractivity contribution < 1.29 is 14.3 Å².